The second kappa shape index (κ2) is 2.02. The molecule has 0 heterocycles. The van der Waals surface area contributed by atoms with E-state index in [9.17, 15) is 0 Å². The van der Waals surface area contributed by atoms with Gasteiger partial charge in [0.05, 0.1) is 0 Å². The summed E-state index contributed by atoms with van der Waals surface area (Å²) in [7, 11) is 4.01. The van der Waals surface area contributed by atoms with Crippen LogP contribution in [-0.2, 0) is 0 Å². The zero-order valence-corrected chi connectivity index (χ0v) is 7.97. The molecule has 0 saturated heterocycles. The Morgan fingerprint density at radius 2 is 1.18 bits per heavy atom. The molecule has 0 aromatic heterocycles. The van der Waals surface area contributed by atoms with Crippen LogP contribution in [0.2, 0.25) is 0 Å². The molecule has 0 spiro atoms. The van der Waals surface area contributed by atoms with Gasteiger partial charge >= 0.3 is 0 Å². The van der Waals surface area contributed by atoms with Crippen LogP contribution in [0.25, 0.3) is 0 Å². The molecule has 0 nitrogen and oxygen atoms in total. The first-order valence-electron chi connectivity index (χ1n) is 4.98. The minimum atomic E-state index is 0.606. The van der Waals surface area contributed by atoms with Crippen LogP contribution in [0.1, 0.15) is 38.5 Å². The number of rotatable bonds is 0. The van der Waals surface area contributed by atoms with E-state index in [0.717, 1.165) is 17.8 Å². The first-order chi connectivity index (χ1) is 5.23. The molecular weight excluding hydrogens is 151 g/mol. The van der Waals surface area contributed by atoms with Gasteiger partial charge in [-0.25, -0.2) is 0 Å². The van der Waals surface area contributed by atoms with Crippen molar-refractivity contribution in [2.45, 2.75) is 43.7 Å². The van der Waals surface area contributed by atoms with Gasteiger partial charge in [-0.3, -0.25) is 0 Å². The molecule has 4 bridgehead atoms. The summed E-state index contributed by atoms with van der Waals surface area (Å²) in [6, 6.07) is 0. The van der Waals surface area contributed by atoms with Crippen LogP contribution >= 0.6 is 9.24 Å². The molecule has 11 heavy (non-hydrogen) atoms. The largest absolute Gasteiger partial charge is 0.0923 e. The van der Waals surface area contributed by atoms with Gasteiger partial charge in [0.15, 0.2) is 0 Å². The lowest BCUT2D eigenvalue weighted by Gasteiger charge is -2.55. The summed E-state index contributed by atoms with van der Waals surface area (Å²) in [6.07, 6.45) is 9.12. The summed E-state index contributed by atoms with van der Waals surface area (Å²) in [5.74, 6) is 3.29. The average Bonchev–Trinajstić information content (AvgIpc) is 1.79. The van der Waals surface area contributed by atoms with Crippen LogP contribution in [-0.4, -0.2) is 5.16 Å². The van der Waals surface area contributed by atoms with E-state index in [4.69, 9.17) is 0 Å². The maximum absolute atomic E-state index is 4.01. The van der Waals surface area contributed by atoms with Crippen molar-refractivity contribution in [1.29, 1.82) is 0 Å². The molecular formula is C10H16P. The third kappa shape index (κ3) is 0.985. The molecule has 0 aliphatic heterocycles. The molecule has 4 saturated carbocycles. The smallest absolute Gasteiger partial charge is 0.00773 e. The lowest BCUT2D eigenvalue weighted by atomic mass is 9.56. The van der Waals surface area contributed by atoms with Crippen LogP contribution in [0.5, 0.6) is 0 Å². The van der Waals surface area contributed by atoms with Crippen LogP contribution in [0.15, 0.2) is 0 Å². The Kier molecular flexibility index (Phi) is 1.27. The zero-order valence-electron chi connectivity index (χ0n) is 6.97. The summed E-state index contributed by atoms with van der Waals surface area (Å²) >= 11 is 0. The summed E-state index contributed by atoms with van der Waals surface area (Å²) in [5.41, 5.74) is 0. The molecule has 0 N–H and O–H groups in total. The Bertz CT molecular complexity index is 150. The maximum atomic E-state index is 4.01. The van der Waals surface area contributed by atoms with Crippen molar-refractivity contribution in [3.63, 3.8) is 0 Å². The lowest BCUT2D eigenvalue weighted by molar-refractivity contribution is 0.0379. The highest BCUT2D eigenvalue weighted by Crippen LogP contribution is 2.59. The summed E-state index contributed by atoms with van der Waals surface area (Å²) in [4.78, 5) is 0. The number of hydrogen-bond donors (Lipinski definition) is 0. The molecule has 4 rings (SSSR count). The van der Waals surface area contributed by atoms with Crippen molar-refractivity contribution >= 4 is 9.24 Å². The van der Waals surface area contributed by atoms with Crippen molar-refractivity contribution < 1.29 is 0 Å². The second-order valence-electron chi connectivity index (χ2n) is 5.20. The van der Waals surface area contributed by atoms with Crippen molar-refractivity contribution in [3.8, 4) is 0 Å². The van der Waals surface area contributed by atoms with Gasteiger partial charge in [-0.2, -0.15) is 0 Å². The Morgan fingerprint density at radius 1 is 0.818 bits per heavy atom. The topological polar surface area (TPSA) is 0 Å². The van der Waals surface area contributed by atoms with E-state index in [1.165, 1.54) is 19.3 Å². The van der Waals surface area contributed by atoms with Gasteiger partial charge in [0.25, 0.3) is 0 Å². The highest BCUT2D eigenvalue weighted by molar-refractivity contribution is 7.19. The van der Waals surface area contributed by atoms with Gasteiger partial charge in [-0.1, -0.05) is 9.24 Å². The van der Waals surface area contributed by atoms with Gasteiger partial charge in [-0.05, 0) is 61.4 Å². The Hall–Kier alpha value is 0.430. The van der Waals surface area contributed by atoms with E-state index in [1.54, 1.807) is 19.3 Å². The van der Waals surface area contributed by atoms with Gasteiger partial charge in [0.2, 0.25) is 0 Å². The van der Waals surface area contributed by atoms with Crippen LogP contribution in [0.3, 0.4) is 0 Å². The highest BCUT2D eigenvalue weighted by atomic mass is 31.0. The molecule has 0 atom stereocenters. The normalized spacial score (nSPS) is 60.3. The fraction of sp³-hybridized carbons (Fsp3) is 1.00. The Balaban J connectivity index is 1.94. The molecule has 1 radical (unpaired) electrons. The molecule has 0 aromatic rings. The van der Waals surface area contributed by atoms with Crippen molar-refractivity contribution in [1.82, 2.24) is 0 Å². The van der Waals surface area contributed by atoms with E-state index >= 15 is 0 Å². The monoisotopic (exact) mass is 167 g/mol. The molecule has 0 amide bonds. The van der Waals surface area contributed by atoms with Crippen molar-refractivity contribution in [3.05, 3.63) is 0 Å². The van der Waals surface area contributed by atoms with Crippen molar-refractivity contribution in [2.75, 3.05) is 0 Å². The molecule has 0 aromatic carbocycles. The van der Waals surface area contributed by atoms with Crippen LogP contribution < -0.4 is 0 Å². The summed E-state index contributed by atoms with van der Waals surface area (Å²) in [6.45, 7) is 0. The first-order valence-corrected chi connectivity index (χ1v) is 5.48. The first kappa shape index (κ1) is 6.89. The number of hydrogen-bond acceptors (Lipinski definition) is 0. The quantitative estimate of drug-likeness (QED) is 0.486. The predicted octanol–water partition coefficient (Wildman–Crippen LogP) is 3.10. The summed E-state index contributed by atoms with van der Waals surface area (Å²) in [5, 5.41) is 0.606. The summed E-state index contributed by atoms with van der Waals surface area (Å²) < 4.78 is 0. The van der Waals surface area contributed by atoms with Gasteiger partial charge in [-0.15, -0.1) is 0 Å². The molecule has 1 heteroatoms. The van der Waals surface area contributed by atoms with Gasteiger partial charge < -0.3 is 0 Å². The van der Waals surface area contributed by atoms with E-state index in [2.05, 4.69) is 9.24 Å². The fourth-order valence-electron chi connectivity index (χ4n) is 4.11. The molecule has 4 fully saturated rings. The van der Waals surface area contributed by atoms with E-state index in [1.807, 2.05) is 0 Å². The Morgan fingerprint density at radius 3 is 1.45 bits per heavy atom. The maximum Gasteiger partial charge on any atom is -0.00773 e. The molecule has 4 aliphatic rings. The SMILES string of the molecule is [PH]C12CC3CC(CC(C3)C1)C2. The molecule has 61 valence electrons. The van der Waals surface area contributed by atoms with E-state index in [-0.39, 0.29) is 0 Å². The average molecular weight is 167 g/mol. The van der Waals surface area contributed by atoms with Crippen LogP contribution in [0.4, 0.5) is 0 Å². The highest BCUT2D eigenvalue weighted by Gasteiger charge is 2.48. The third-order valence-electron chi connectivity index (χ3n) is 4.04. The van der Waals surface area contributed by atoms with E-state index in [0.29, 0.717) is 5.16 Å². The Labute approximate surface area is 71.3 Å². The second-order valence-corrected chi connectivity index (χ2v) is 6.26. The third-order valence-corrected chi connectivity index (χ3v) is 4.65. The van der Waals surface area contributed by atoms with Gasteiger partial charge in [0, 0.05) is 0 Å². The lowest BCUT2D eigenvalue weighted by Crippen LogP contribution is -2.46. The minimum Gasteiger partial charge on any atom is -0.0923 e. The predicted molar refractivity (Wildman–Crippen MR) is 49.2 cm³/mol. The van der Waals surface area contributed by atoms with Crippen molar-refractivity contribution in [2.24, 2.45) is 17.8 Å². The molecule has 4 aliphatic carbocycles. The van der Waals surface area contributed by atoms with Crippen LogP contribution in [0, 0.1) is 17.8 Å². The minimum absolute atomic E-state index is 0.606. The standard InChI is InChI=1S/C10H16P/c11-10-4-7-1-8(5-10)3-9(2-7)6-10/h7-9,11H,1-6H2. The van der Waals surface area contributed by atoms with Gasteiger partial charge in [0.1, 0.15) is 0 Å². The zero-order chi connectivity index (χ0) is 7.47. The molecule has 0 unspecified atom stereocenters. The fourth-order valence-corrected chi connectivity index (χ4v) is 4.98. The van der Waals surface area contributed by atoms with E-state index < -0.39 is 0 Å².